The van der Waals surface area contributed by atoms with Crippen LogP contribution in [0.15, 0.2) is 46.7 Å². The molecule has 1 atom stereocenters. The van der Waals surface area contributed by atoms with Crippen molar-refractivity contribution < 1.29 is 4.79 Å². The van der Waals surface area contributed by atoms with E-state index in [2.05, 4.69) is 35.8 Å². The van der Waals surface area contributed by atoms with Crippen molar-refractivity contribution in [2.24, 2.45) is 0 Å². The highest BCUT2D eigenvalue weighted by molar-refractivity contribution is 7.98. The molecular formula is C15H17NOS2. The molecule has 0 fully saturated rings. The molecule has 1 unspecified atom stereocenters. The van der Waals surface area contributed by atoms with Crippen molar-refractivity contribution in [1.82, 2.24) is 5.32 Å². The van der Waals surface area contributed by atoms with E-state index in [1.807, 2.05) is 24.4 Å². The third-order valence-corrected chi connectivity index (χ3v) is 4.53. The normalized spacial score (nSPS) is 12.1. The van der Waals surface area contributed by atoms with Gasteiger partial charge in [0.15, 0.2) is 0 Å². The third-order valence-electron chi connectivity index (χ3n) is 2.91. The second-order valence-corrected chi connectivity index (χ2v) is 6.23. The Balaban J connectivity index is 1.92. The lowest BCUT2D eigenvalue weighted by molar-refractivity contribution is -0.121. The van der Waals surface area contributed by atoms with Gasteiger partial charge >= 0.3 is 0 Å². The number of rotatable bonds is 5. The molecule has 0 aliphatic carbocycles. The lowest BCUT2D eigenvalue weighted by Gasteiger charge is -2.14. The molecule has 1 aromatic carbocycles. The van der Waals surface area contributed by atoms with Crippen LogP contribution in [0.4, 0.5) is 0 Å². The highest BCUT2D eigenvalue weighted by Crippen LogP contribution is 2.19. The van der Waals surface area contributed by atoms with Gasteiger partial charge in [0.2, 0.25) is 5.91 Å². The highest BCUT2D eigenvalue weighted by Gasteiger charge is 2.10. The number of nitrogens with one attached hydrogen (secondary N) is 1. The molecule has 19 heavy (non-hydrogen) atoms. The zero-order valence-electron chi connectivity index (χ0n) is 11.1. The molecule has 1 aromatic heterocycles. The molecule has 0 saturated heterocycles. The number of hydrogen-bond donors (Lipinski definition) is 1. The average molecular weight is 291 g/mol. The van der Waals surface area contributed by atoms with E-state index < -0.39 is 0 Å². The van der Waals surface area contributed by atoms with Crippen molar-refractivity contribution in [3.8, 4) is 0 Å². The van der Waals surface area contributed by atoms with Crippen LogP contribution >= 0.6 is 23.1 Å². The number of thioether (sulfide) groups is 1. The Morgan fingerprint density at radius 2 is 2.05 bits per heavy atom. The van der Waals surface area contributed by atoms with Crippen LogP contribution in [0.3, 0.4) is 0 Å². The first-order valence-electron chi connectivity index (χ1n) is 6.14. The molecule has 0 aliphatic heterocycles. The minimum atomic E-state index is 0.0448. The van der Waals surface area contributed by atoms with E-state index >= 15 is 0 Å². The predicted molar refractivity (Wildman–Crippen MR) is 82.8 cm³/mol. The first-order valence-corrected chi connectivity index (χ1v) is 8.25. The summed E-state index contributed by atoms with van der Waals surface area (Å²) in [4.78, 5) is 14.2. The molecule has 1 amide bonds. The molecule has 2 rings (SSSR count). The average Bonchev–Trinajstić information content (AvgIpc) is 2.91. The standard InChI is InChI=1S/C15H17NOS2/c1-11(12-5-7-13(18-2)8-6-12)16-15(17)10-14-4-3-9-19-14/h3-9,11H,10H2,1-2H3,(H,16,17). The molecule has 0 bridgehead atoms. The molecule has 2 nitrogen and oxygen atoms in total. The van der Waals surface area contributed by atoms with Gasteiger partial charge in [0.05, 0.1) is 12.5 Å². The third kappa shape index (κ3) is 4.11. The van der Waals surface area contributed by atoms with Crippen LogP contribution in [-0.2, 0) is 11.2 Å². The molecule has 100 valence electrons. The van der Waals surface area contributed by atoms with E-state index in [0.717, 1.165) is 10.4 Å². The SMILES string of the molecule is CSc1ccc(C(C)NC(=O)Cc2cccs2)cc1. The van der Waals surface area contributed by atoms with E-state index in [1.54, 1.807) is 23.1 Å². The summed E-state index contributed by atoms with van der Waals surface area (Å²) in [5.74, 6) is 0.0730. The van der Waals surface area contributed by atoms with Crippen molar-refractivity contribution >= 4 is 29.0 Å². The number of hydrogen-bond acceptors (Lipinski definition) is 3. The Labute approximate surface area is 122 Å². The lowest BCUT2D eigenvalue weighted by atomic mass is 10.1. The van der Waals surface area contributed by atoms with Crippen molar-refractivity contribution in [1.29, 1.82) is 0 Å². The molecule has 0 aliphatic rings. The van der Waals surface area contributed by atoms with Gasteiger partial charge < -0.3 is 5.32 Å². The quantitative estimate of drug-likeness (QED) is 0.847. The Kier molecular flexibility index (Phi) is 5.05. The molecule has 1 N–H and O–H groups in total. The Morgan fingerprint density at radius 3 is 2.63 bits per heavy atom. The topological polar surface area (TPSA) is 29.1 Å². The van der Waals surface area contributed by atoms with Gasteiger partial charge in [-0.2, -0.15) is 0 Å². The van der Waals surface area contributed by atoms with E-state index in [0.29, 0.717) is 6.42 Å². The first kappa shape index (κ1) is 14.2. The maximum Gasteiger partial charge on any atom is 0.225 e. The largest absolute Gasteiger partial charge is 0.349 e. The van der Waals surface area contributed by atoms with Gasteiger partial charge in [0.1, 0.15) is 0 Å². The minimum absolute atomic E-state index is 0.0448. The molecule has 4 heteroatoms. The number of carbonyl (C=O) groups is 1. The van der Waals surface area contributed by atoms with Gasteiger partial charge in [0.25, 0.3) is 0 Å². The van der Waals surface area contributed by atoms with E-state index in [4.69, 9.17) is 0 Å². The van der Waals surface area contributed by atoms with Gasteiger partial charge in [-0.15, -0.1) is 23.1 Å². The molecule has 1 heterocycles. The van der Waals surface area contributed by atoms with Crippen molar-refractivity contribution in [2.75, 3.05) is 6.26 Å². The highest BCUT2D eigenvalue weighted by atomic mass is 32.2. The number of benzene rings is 1. The van der Waals surface area contributed by atoms with Crippen LogP contribution in [0.1, 0.15) is 23.4 Å². The van der Waals surface area contributed by atoms with Gasteiger partial charge in [-0.05, 0) is 42.3 Å². The van der Waals surface area contributed by atoms with Gasteiger partial charge in [-0.3, -0.25) is 4.79 Å². The molecular weight excluding hydrogens is 274 g/mol. The Morgan fingerprint density at radius 1 is 1.32 bits per heavy atom. The van der Waals surface area contributed by atoms with Crippen molar-refractivity contribution in [3.05, 3.63) is 52.2 Å². The number of amides is 1. The van der Waals surface area contributed by atoms with Gasteiger partial charge in [-0.25, -0.2) is 0 Å². The predicted octanol–water partition coefficient (Wildman–Crippen LogP) is 3.89. The molecule has 0 saturated carbocycles. The van der Waals surface area contributed by atoms with E-state index in [9.17, 15) is 4.79 Å². The fourth-order valence-corrected chi connectivity index (χ4v) is 2.95. The van der Waals surface area contributed by atoms with E-state index in [-0.39, 0.29) is 11.9 Å². The van der Waals surface area contributed by atoms with Crippen LogP contribution in [0, 0.1) is 0 Å². The van der Waals surface area contributed by atoms with Crippen LogP contribution < -0.4 is 5.32 Å². The lowest BCUT2D eigenvalue weighted by Crippen LogP contribution is -2.27. The Hall–Kier alpha value is -1.26. The molecule has 0 spiro atoms. The van der Waals surface area contributed by atoms with Crippen LogP contribution in [0.5, 0.6) is 0 Å². The monoisotopic (exact) mass is 291 g/mol. The molecule has 2 aromatic rings. The summed E-state index contributed by atoms with van der Waals surface area (Å²) in [6.45, 7) is 2.01. The second-order valence-electron chi connectivity index (χ2n) is 4.32. The first-order chi connectivity index (χ1) is 9.19. The van der Waals surface area contributed by atoms with Crippen molar-refractivity contribution in [3.63, 3.8) is 0 Å². The fraction of sp³-hybridized carbons (Fsp3) is 0.267. The summed E-state index contributed by atoms with van der Waals surface area (Å²) in [6, 6.07) is 12.3. The second kappa shape index (κ2) is 6.78. The van der Waals surface area contributed by atoms with Crippen LogP contribution in [0.2, 0.25) is 0 Å². The van der Waals surface area contributed by atoms with Crippen molar-refractivity contribution in [2.45, 2.75) is 24.3 Å². The number of carbonyl (C=O) groups excluding carboxylic acids is 1. The van der Waals surface area contributed by atoms with Crippen LogP contribution in [-0.4, -0.2) is 12.2 Å². The zero-order valence-corrected chi connectivity index (χ0v) is 12.7. The van der Waals surface area contributed by atoms with Gasteiger partial charge in [0, 0.05) is 9.77 Å². The summed E-state index contributed by atoms with van der Waals surface area (Å²) in [7, 11) is 0. The minimum Gasteiger partial charge on any atom is -0.349 e. The smallest absolute Gasteiger partial charge is 0.225 e. The summed E-state index contributed by atoms with van der Waals surface area (Å²) in [6.07, 6.45) is 2.52. The summed E-state index contributed by atoms with van der Waals surface area (Å²) in [5, 5.41) is 5.03. The maximum atomic E-state index is 11.9. The van der Waals surface area contributed by atoms with E-state index in [1.165, 1.54) is 4.90 Å². The Bertz CT molecular complexity index is 520. The van der Waals surface area contributed by atoms with Gasteiger partial charge in [-0.1, -0.05) is 18.2 Å². The number of thiophene rings is 1. The summed E-state index contributed by atoms with van der Waals surface area (Å²) in [5.41, 5.74) is 1.14. The summed E-state index contributed by atoms with van der Waals surface area (Å²) < 4.78 is 0. The fourth-order valence-electron chi connectivity index (χ4n) is 1.84. The van der Waals surface area contributed by atoms with Crippen LogP contribution in [0.25, 0.3) is 0 Å². The maximum absolute atomic E-state index is 11.9. The summed E-state index contributed by atoms with van der Waals surface area (Å²) >= 11 is 3.34. The zero-order chi connectivity index (χ0) is 13.7. The molecule has 0 radical (unpaired) electrons.